The Bertz CT molecular complexity index is 1190. The number of amides is 1. The lowest BCUT2D eigenvalue weighted by molar-refractivity contribution is -0.116. The van der Waals surface area contributed by atoms with Crippen LogP contribution in [-0.2, 0) is 4.79 Å². The highest BCUT2D eigenvalue weighted by atomic mass is 32.2. The molecule has 2 aromatic heterocycles. The zero-order chi connectivity index (χ0) is 22.3. The smallest absolute Gasteiger partial charge is 0.237 e. The van der Waals surface area contributed by atoms with E-state index in [9.17, 15) is 4.79 Å². The molecule has 0 aliphatic carbocycles. The van der Waals surface area contributed by atoms with Crippen molar-refractivity contribution in [1.82, 2.24) is 19.7 Å². The first-order valence-electron chi connectivity index (χ1n) is 10.2. The molecule has 4 rings (SSSR count). The molecule has 7 heteroatoms. The first-order chi connectivity index (χ1) is 15.7. The third kappa shape index (κ3) is 4.78. The highest BCUT2D eigenvalue weighted by molar-refractivity contribution is 7.99. The molecule has 0 saturated carbocycles. The molecule has 160 valence electrons. The summed E-state index contributed by atoms with van der Waals surface area (Å²) >= 11 is 1.37. The summed E-state index contributed by atoms with van der Waals surface area (Å²) in [7, 11) is 0. The van der Waals surface area contributed by atoms with Gasteiger partial charge < -0.3 is 4.90 Å². The number of thioether (sulfide) groups is 1. The van der Waals surface area contributed by atoms with Gasteiger partial charge >= 0.3 is 0 Å². The van der Waals surface area contributed by atoms with Crippen LogP contribution in [0.1, 0.15) is 5.56 Å². The van der Waals surface area contributed by atoms with Gasteiger partial charge in [-0.05, 0) is 43.3 Å². The number of hydrogen-bond acceptors (Lipinski definition) is 5. The fourth-order valence-electron chi connectivity index (χ4n) is 3.27. The van der Waals surface area contributed by atoms with E-state index in [4.69, 9.17) is 0 Å². The Kier molecular flexibility index (Phi) is 6.77. The zero-order valence-corrected chi connectivity index (χ0v) is 18.6. The Balaban J connectivity index is 1.63. The van der Waals surface area contributed by atoms with Gasteiger partial charge in [-0.2, -0.15) is 0 Å². The molecule has 1 amide bonds. The fraction of sp³-hybridized carbons (Fsp3) is 0.120. The van der Waals surface area contributed by atoms with Gasteiger partial charge in [0.2, 0.25) is 5.91 Å². The highest BCUT2D eigenvalue weighted by Gasteiger charge is 2.20. The van der Waals surface area contributed by atoms with Crippen molar-refractivity contribution < 1.29 is 4.79 Å². The number of nitrogens with zero attached hydrogens (tertiary/aromatic N) is 5. The molecule has 0 N–H and O–H groups in total. The fourth-order valence-corrected chi connectivity index (χ4v) is 4.10. The Morgan fingerprint density at radius 2 is 1.75 bits per heavy atom. The Morgan fingerprint density at radius 1 is 1.03 bits per heavy atom. The van der Waals surface area contributed by atoms with E-state index in [1.165, 1.54) is 17.3 Å². The van der Waals surface area contributed by atoms with Crippen LogP contribution in [0.5, 0.6) is 0 Å². The summed E-state index contributed by atoms with van der Waals surface area (Å²) in [6.07, 6.45) is 5.19. The minimum absolute atomic E-state index is 0.0231. The molecule has 4 aromatic rings. The Hall–Kier alpha value is -3.71. The number of benzene rings is 2. The SMILES string of the molecule is C=CCN(C(=O)CSc1nnc(-c2ccncc2)n1-c1ccc(C)cc1)c1ccccc1. The third-order valence-corrected chi connectivity index (χ3v) is 5.78. The summed E-state index contributed by atoms with van der Waals surface area (Å²) in [6, 6.07) is 21.6. The molecule has 0 spiro atoms. The van der Waals surface area contributed by atoms with Crippen molar-refractivity contribution in [2.75, 3.05) is 17.2 Å². The largest absolute Gasteiger partial charge is 0.308 e. The second kappa shape index (κ2) is 10.1. The molecule has 0 saturated heterocycles. The van der Waals surface area contributed by atoms with Crippen LogP contribution in [0.3, 0.4) is 0 Å². The van der Waals surface area contributed by atoms with Crippen molar-refractivity contribution >= 4 is 23.4 Å². The summed E-state index contributed by atoms with van der Waals surface area (Å²) in [6.45, 7) is 6.28. The first kappa shape index (κ1) is 21.5. The minimum Gasteiger partial charge on any atom is -0.308 e. The summed E-state index contributed by atoms with van der Waals surface area (Å²) in [5.74, 6) is 0.908. The van der Waals surface area contributed by atoms with Gasteiger partial charge in [0.05, 0.1) is 5.75 Å². The molecule has 0 bridgehead atoms. The molecule has 6 nitrogen and oxygen atoms in total. The highest BCUT2D eigenvalue weighted by Crippen LogP contribution is 2.28. The van der Waals surface area contributed by atoms with Crippen LogP contribution in [-0.4, -0.2) is 38.0 Å². The molecule has 0 fully saturated rings. The molecule has 2 aromatic carbocycles. The third-order valence-electron chi connectivity index (χ3n) is 4.87. The Labute approximate surface area is 191 Å². The average Bonchev–Trinajstić information content (AvgIpc) is 3.26. The molecule has 0 atom stereocenters. The van der Waals surface area contributed by atoms with Crippen molar-refractivity contribution in [3.63, 3.8) is 0 Å². The number of aromatic nitrogens is 4. The number of pyridine rings is 1. The molecule has 32 heavy (non-hydrogen) atoms. The van der Waals surface area contributed by atoms with Crippen LogP contribution >= 0.6 is 11.8 Å². The normalized spacial score (nSPS) is 10.7. The molecule has 2 heterocycles. The van der Waals surface area contributed by atoms with Crippen LogP contribution in [0.4, 0.5) is 5.69 Å². The second-order valence-electron chi connectivity index (χ2n) is 7.13. The van der Waals surface area contributed by atoms with Crippen molar-refractivity contribution in [2.45, 2.75) is 12.1 Å². The lowest BCUT2D eigenvalue weighted by atomic mass is 10.2. The standard InChI is InChI=1S/C25H23N5OS/c1-3-17-29(21-7-5-4-6-8-21)23(31)18-32-25-28-27-24(20-13-15-26-16-14-20)30(25)22-11-9-19(2)10-12-22/h3-16H,1,17-18H2,2H3. The number of hydrogen-bond donors (Lipinski definition) is 0. The molecule has 0 unspecified atom stereocenters. The van der Waals surface area contributed by atoms with E-state index >= 15 is 0 Å². The monoisotopic (exact) mass is 441 g/mol. The topological polar surface area (TPSA) is 63.9 Å². The molecular weight excluding hydrogens is 418 g/mol. The minimum atomic E-state index is -0.0231. The van der Waals surface area contributed by atoms with Gasteiger partial charge in [-0.25, -0.2) is 0 Å². The quantitative estimate of drug-likeness (QED) is 0.286. The van der Waals surface area contributed by atoms with Crippen molar-refractivity contribution in [2.24, 2.45) is 0 Å². The number of carbonyl (C=O) groups is 1. The van der Waals surface area contributed by atoms with Gasteiger partial charge in [0.25, 0.3) is 0 Å². The van der Waals surface area contributed by atoms with E-state index in [0.29, 0.717) is 17.5 Å². The number of aryl methyl sites for hydroxylation is 1. The van der Waals surface area contributed by atoms with Gasteiger partial charge in [-0.1, -0.05) is 53.7 Å². The Morgan fingerprint density at radius 3 is 2.44 bits per heavy atom. The number of anilines is 1. The van der Waals surface area contributed by atoms with E-state index in [2.05, 4.69) is 21.8 Å². The van der Waals surface area contributed by atoms with E-state index < -0.39 is 0 Å². The predicted octanol–water partition coefficient (Wildman–Crippen LogP) is 4.95. The second-order valence-corrected chi connectivity index (χ2v) is 8.07. The maximum absolute atomic E-state index is 13.1. The van der Waals surface area contributed by atoms with Crippen LogP contribution < -0.4 is 4.90 Å². The number of para-hydroxylation sites is 1. The number of rotatable bonds is 8. The molecule has 0 aliphatic heterocycles. The summed E-state index contributed by atoms with van der Waals surface area (Å²) < 4.78 is 1.98. The first-order valence-corrected chi connectivity index (χ1v) is 11.2. The summed E-state index contributed by atoms with van der Waals surface area (Å²) in [4.78, 5) is 18.9. The van der Waals surface area contributed by atoms with Gasteiger partial charge in [-0.15, -0.1) is 16.8 Å². The van der Waals surface area contributed by atoms with Crippen LogP contribution in [0.15, 0.2) is 96.9 Å². The lowest BCUT2D eigenvalue weighted by Crippen LogP contribution is -2.32. The van der Waals surface area contributed by atoms with E-state index in [1.807, 2.05) is 78.2 Å². The van der Waals surface area contributed by atoms with E-state index in [1.54, 1.807) is 23.4 Å². The van der Waals surface area contributed by atoms with Gasteiger partial charge in [0.15, 0.2) is 11.0 Å². The molecule has 0 radical (unpaired) electrons. The summed E-state index contributed by atoms with van der Waals surface area (Å²) in [5.41, 5.74) is 3.85. The average molecular weight is 442 g/mol. The number of carbonyl (C=O) groups excluding carboxylic acids is 1. The van der Waals surface area contributed by atoms with Crippen LogP contribution in [0.25, 0.3) is 17.1 Å². The van der Waals surface area contributed by atoms with Gasteiger partial charge in [-0.3, -0.25) is 14.3 Å². The van der Waals surface area contributed by atoms with Gasteiger partial charge in [0.1, 0.15) is 0 Å². The van der Waals surface area contributed by atoms with Crippen LogP contribution in [0.2, 0.25) is 0 Å². The maximum Gasteiger partial charge on any atom is 0.237 e. The van der Waals surface area contributed by atoms with E-state index in [0.717, 1.165) is 16.9 Å². The maximum atomic E-state index is 13.1. The van der Waals surface area contributed by atoms with Crippen LogP contribution in [0, 0.1) is 6.92 Å². The lowest BCUT2D eigenvalue weighted by Gasteiger charge is -2.21. The molecule has 0 aliphatic rings. The summed E-state index contributed by atoms with van der Waals surface area (Å²) in [5, 5.41) is 9.49. The van der Waals surface area contributed by atoms with Crippen molar-refractivity contribution in [1.29, 1.82) is 0 Å². The van der Waals surface area contributed by atoms with Crippen molar-refractivity contribution in [3.05, 3.63) is 97.3 Å². The van der Waals surface area contributed by atoms with Gasteiger partial charge in [0, 0.05) is 35.9 Å². The zero-order valence-electron chi connectivity index (χ0n) is 17.8. The predicted molar refractivity (Wildman–Crippen MR) is 129 cm³/mol. The molecular formula is C25H23N5OS. The van der Waals surface area contributed by atoms with E-state index in [-0.39, 0.29) is 11.7 Å². The van der Waals surface area contributed by atoms with Crippen molar-refractivity contribution in [3.8, 4) is 17.1 Å².